The molecule has 5 nitrogen and oxygen atoms in total. The van der Waals surface area contributed by atoms with Gasteiger partial charge in [0.2, 0.25) is 0 Å². The van der Waals surface area contributed by atoms with Crippen LogP contribution in [-0.4, -0.2) is 22.1 Å². The number of nitrogens with one attached hydrogen (secondary N) is 1. The van der Waals surface area contributed by atoms with E-state index in [0.717, 1.165) is 33.6 Å². The second-order valence-corrected chi connectivity index (χ2v) is 4.18. The van der Waals surface area contributed by atoms with Crippen LogP contribution < -0.4 is 10.5 Å². The molecule has 0 spiro atoms. The fourth-order valence-corrected chi connectivity index (χ4v) is 2.11. The minimum absolute atomic E-state index is 0.398. The molecule has 0 unspecified atom stereocenters. The molecule has 0 aliphatic heterocycles. The first-order valence-electron chi connectivity index (χ1n) is 5.99. The number of aromatic nitrogens is 3. The van der Waals surface area contributed by atoms with E-state index in [4.69, 9.17) is 10.5 Å². The molecule has 0 atom stereocenters. The first kappa shape index (κ1) is 11.7. The molecular weight excluding hydrogens is 240 g/mol. The minimum atomic E-state index is 0.398. The number of nitrogens with zero attached hydrogens (tertiary/aromatic N) is 2. The van der Waals surface area contributed by atoms with Crippen molar-refractivity contribution in [2.24, 2.45) is 5.73 Å². The summed E-state index contributed by atoms with van der Waals surface area (Å²) in [7, 11) is 1.66. The molecule has 3 rings (SSSR count). The van der Waals surface area contributed by atoms with E-state index >= 15 is 0 Å². The second-order valence-electron chi connectivity index (χ2n) is 4.18. The summed E-state index contributed by atoms with van der Waals surface area (Å²) in [6.45, 7) is 0.398. The number of rotatable bonds is 3. The van der Waals surface area contributed by atoms with Crippen LogP contribution in [0.1, 0.15) is 5.69 Å². The molecule has 0 aliphatic rings. The smallest absolute Gasteiger partial charge is 0.142 e. The van der Waals surface area contributed by atoms with Crippen molar-refractivity contribution < 1.29 is 4.74 Å². The van der Waals surface area contributed by atoms with Crippen LogP contribution in [0.4, 0.5) is 0 Å². The predicted octanol–water partition coefficient (Wildman–Crippen LogP) is 2.09. The molecule has 96 valence electrons. The Morgan fingerprint density at radius 3 is 2.84 bits per heavy atom. The topological polar surface area (TPSA) is 76.8 Å². The van der Waals surface area contributed by atoms with Gasteiger partial charge in [0.15, 0.2) is 0 Å². The average Bonchev–Trinajstić information content (AvgIpc) is 2.91. The maximum Gasteiger partial charge on any atom is 0.142 e. The van der Waals surface area contributed by atoms with Gasteiger partial charge in [0, 0.05) is 23.7 Å². The summed E-state index contributed by atoms with van der Waals surface area (Å²) in [5.74, 6) is 0.815. The lowest BCUT2D eigenvalue weighted by molar-refractivity contribution is 0.419. The van der Waals surface area contributed by atoms with Crippen molar-refractivity contribution in [3.8, 4) is 17.0 Å². The number of nitrogens with two attached hydrogens (primary N) is 1. The third-order valence-corrected chi connectivity index (χ3v) is 3.09. The van der Waals surface area contributed by atoms with Gasteiger partial charge in [0.25, 0.3) is 0 Å². The fourth-order valence-electron chi connectivity index (χ4n) is 2.11. The lowest BCUT2D eigenvalue weighted by atomic mass is 10.1. The number of H-pyrrole nitrogens is 1. The van der Waals surface area contributed by atoms with Gasteiger partial charge in [0.1, 0.15) is 5.75 Å². The van der Waals surface area contributed by atoms with E-state index in [2.05, 4.69) is 15.0 Å². The third-order valence-electron chi connectivity index (χ3n) is 3.09. The Bertz CT molecular complexity index is 703. The molecule has 19 heavy (non-hydrogen) atoms. The Labute approximate surface area is 110 Å². The van der Waals surface area contributed by atoms with Crippen molar-refractivity contribution in [1.29, 1.82) is 0 Å². The Morgan fingerprint density at radius 1 is 1.26 bits per heavy atom. The highest BCUT2D eigenvalue weighted by Crippen LogP contribution is 2.31. The van der Waals surface area contributed by atoms with Crippen LogP contribution in [-0.2, 0) is 6.54 Å². The SMILES string of the molecule is COc1cccc2c(-c3cnc(CN)cn3)c[nH]c12. The molecule has 0 aliphatic carbocycles. The Kier molecular flexibility index (Phi) is 2.89. The molecule has 2 aromatic heterocycles. The fraction of sp³-hybridized carbons (Fsp3) is 0.143. The van der Waals surface area contributed by atoms with E-state index in [1.165, 1.54) is 0 Å². The number of para-hydroxylation sites is 1. The number of aromatic amines is 1. The van der Waals surface area contributed by atoms with Crippen LogP contribution in [0.3, 0.4) is 0 Å². The number of fused-ring (bicyclic) bond motifs is 1. The quantitative estimate of drug-likeness (QED) is 0.750. The average molecular weight is 254 g/mol. The monoisotopic (exact) mass is 254 g/mol. The summed E-state index contributed by atoms with van der Waals surface area (Å²) >= 11 is 0. The number of methoxy groups -OCH3 is 1. The number of ether oxygens (including phenoxy) is 1. The van der Waals surface area contributed by atoms with Crippen LogP contribution in [0.2, 0.25) is 0 Å². The molecule has 3 N–H and O–H groups in total. The van der Waals surface area contributed by atoms with E-state index in [1.54, 1.807) is 19.5 Å². The summed E-state index contributed by atoms with van der Waals surface area (Å²) in [6, 6.07) is 5.91. The molecule has 0 saturated carbocycles. The van der Waals surface area contributed by atoms with Crippen LogP contribution in [0, 0.1) is 0 Å². The van der Waals surface area contributed by atoms with Gasteiger partial charge in [-0.05, 0) is 6.07 Å². The maximum atomic E-state index is 5.52. The molecule has 0 saturated heterocycles. The predicted molar refractivity (Wildman–Crippen MR) is 73.8 cm³/mol. The zero-order valence-corrected chi connectivity index (χ0v) is 10.6. The molecule has 0 radical (unpaired) electrons. The zero-order chi connectivity index (χ0) is 13.2. The van der Waals surface area contributed by atoms with Gasteiger partial charge in [-0.25, -0.2) is 0 Å². The van der Waals surface area contributed by atoms with Gasteiger partial charge in [-0.15, -0.1) is 0 Å². The first-order chi connectivity index (χ1) is 9.33. The Balaban J connectivity index is 2.14. The maximum absolute atomic E-state index is 5.52. The second kappa shape index (κ2) is 4.70. The van der Waals surface area contributed by atoms with E-state index in [9.17, 15) is 0 Å². The molecule has 0 bridgehead atoms. The molecule has 5 heteroatoms. The first-order valence-corrected chi connectivity index (χ1v) is 5.99. The van der Waals surface area contributed by atoms with E-state index in [-0.39, 0.29) is 0 Å². The third kappa shape index (κ3) is 1.94. The number of hydrogen-bond donors (Lipinski definition) is 2. The lowest BCUT2D eigenvalue weighted by Crippen LogP contribution is -2.00. The van der Waals surface area contributed by atoms with Gasteiger partial charge in [0.05, 0.1) is 36.4 Å². The van der Waals surface area contributed by atoms with E-state index in [1.807, 2.05) is 24.4 Å². The molecule has 1 aromatic carbocycles. The summed E-state index contributed by atoms with van der Waals surface area (Å²) < 4.78 is 5.33. The van der Waals surface area contributed by atoms with E-state index < -0.39 is 0 Å². The lowest BCUT2D eigenvalue weighted by Gasteiger charge is -2.02. The van der Waals surface area contributed by atoms with Gasteiger partial charge in [-0.1, -0.05) is 12.1 Å². The van der Waals surface area contributed by atoms with Gasteiger partial charge in [-0.3, -0.25) is 9.97 Å². The van der Waals surface area contributed by atoms with Crippen LogP contribution in [0.15, 0.2) is 36.8 Å². The number of hydrogen-bond acceptors (Lipinski definition) is 4. The normalized spacial score (nSPS) is 10.8. The highest BCUT2D eigenvalue weighted by Gasteiger charge is 2.10. The van der Waals surface area contributed by atoms with Gasteiger partial charge in [-0.2, -0.15) is 0 Å². The van der Waals surface area contributed by atoms with Crippen LogP contribution in [0.5, 0.6) is 5.75 Å². The standard InChI is InChI=1S/C14H14N4O/c1-19-13-4-2-3-10-11(7-18-14(10)13)12-8-16-9(5-15)6-17-12/h2-4,6-8,18H,5,15H2,1H3. The Hall–Kier alpha value is -2.40. The highest BCUT2D eigenvalue weighted by atomic mass is 16.5. The molecule has 2 heterocycles. The molecule has 0 fully saturated rings. The Morgan fingerprint density at radius 2 is 2.16 bits per heavy atom. The van der Waals surface area contributed by atoms with Crippen LogP contribution in [0.25, 0.3) is 22.2 Å². The summed E-state index contributed by atoms with van der Waals surface area (Å²) in [4.78, 5) is 11.9. The largest absolute Gasteiger partial charge is 0.495 e. The summed E-state index contributed by atoms with van der Waals surface area (Å²) in [6.07, 6.45) is 5.36. The summed E-state index contributed by atoms with van der Waals surface area (Å²) in [5, 5.41) is 1.06. The van der Waals surface area contributed by atoms with Crippen molar-refractivity contribution in [3.05, 3.63) is 42.5 Å². The molecular formula is C14H14N4O. The van der Waals surface area contributed by atoms with Crippen molar-refractivity contribution in [2.45, 2.75) is 6.54 Å². The summed E-state index contributed by atoms with van der Waals surface area (Å²) in [5.41, 5.74) is 9.08. The van der Waals surface area contributed by atoms with Gasteiger partial charge < -0.3 is 15.5 Å². The van der Waals surface area contributed by atoms with Crippen molar-refractivity contribution in [1.82, 2.24) is 15.0 Å². The molecule has 3 aromatic rings. The minimum Gasteiger partial charge on any atom is -0.495 e. The van der Waals surface area contributed by atoms with E-state index in [0.29, 0.717) is 6.54 Å². The van der Waals surface area contributed by atoms with Crippen molar-refractivity contribution >= 4 is 10.9 Å². The van der Waals surface area contributed by atoms with Crippen molar-refractivity contribution in [2.75, 3.05) is 7.11 Å². The van der Waals surface area contributed by atoms with Gasteiger partial charge >= 0.3 is 0 Å². The van der Waals surface area contributed by atoms with Crippen molar-refractivity contribution in [3.63, 3.8) is 0 Å². The highest BCUT2D eigenvalue weighted by molar-refractivity contribution is 5.97. The number of benzene rings is 1. The zero-order valence-electron chi connectivity index (χ0n) is 10.6. The molecule has 0 amide bonds. The van der Waals surface area contributed by atoms with Crippen LogP contribution >= 0.6 is 0 Å².